The van der Waals surface area contributed by atoms with Gasteiger partial charge in [0.05, 0.1) is 5.54 Å². The number of rotatable bonds is 9. The predicted octanol–water partition coefficient (Wildman–Crippen LogP) is 4.56. The van der Waals surface area contributed by atoms with Crippen molar-refractivity contribution in [2.75, 3.05) is 0 Å². The molecule has 3 aromatic carbocycles. The van der Waals surface area contributed by atoms with Crippen molar-refractivity contribution in [3.63, 3.8) is 0 Å². The molecule has 0 bridgehead atoms. The number of carboxylic acid groups (broad SMARTS) is 1. The molecule has 0 aliphatic rings. The van der Waals surface area contributed by atoms with Crippen LogP contribution in [-0.2, 0) is 15.1 Å². The van der Waals surface area contributed by atoms with Crippen LogP contribution in [0.25, 0.3) is 0 Å². The summed E-state index contributed by atoms with van der Waals surface area (Å²) in [5.74, 6) is -1.31. The largest absolute Gasteiger partial charge is 0.480 e. The van der Waals surface area contributed by atoms with E-state index in [-0.39, 0.29) is 12.2 Å². The lowest BCUT2D eigenvalue weighted by Gasteiger charge is -2.39. The van der Waals surface area contributed by atoms with Crippen LogP contribution < -0.4 is 5.32 Å². The first-order valence-electron chi connectivity index (χ1n) is 9.90. The van der Waals surface area contributed by atoms with Crippen molar-refractivity contribution in [1.29, 1.82) is 0 Å². The molecule has 0 heterocycles. The third kappa shape index (κ3) is 4.56. The van der Waals surface area contributed by atoms with Gasteiger partial charge >= 0.3 is 5.97 Å². The number of allylic oxidation sites excluding steroid dienone is 2. The van der Waals surface area contributed by atoms with Crippen LogP contribution in [0.3, 0.4) is 0 Å². The number of hydrogen-bond donors (Lipinski definition) is 2. The first-order valence-corrected chi connectivity index (χ1v) is 9.90. The fraction of sp³-hybridized carbons (Fsp3) is 0.154. The quantitative estimate of drug-likeness (QED) is 0.409. The second-order valence-electron chi connectivity index (χ2n) is 7.05. The maximum atomic E-state index is 12.3. The molecular formula is C26H25NO3. The van der Waals surface area contributed by atoms with Gasteiger partial charge in [0, 0.05) is 6.42 Å². The predicted molar refractivity (Wildman–Crippen MR) is 118 cm³/mol. The van der Waals surface area contributed by atoms with Gasteiger partial charge in [-0.3, -0.25) is 14.9 Å². The van der Waals surface area contributed by atoms with Crippen molar-refractivity contribution in [2.24, 2.45) is 0 Å². The normalized spacial score (nSPS) is 12.6. The van der Waals surface area contributed by atoms with Gasteiger partial charge < -0.3 is 5.11 Å². The summed E-state index contributed by atoms with van der Waals surface area (Å²) in [6, 6.07) is 28.1. The van der Waals surface area contributed by atoms with Crippen molar-refractivity contribution in [2.45, 2.75) is 24.9 Å². The second kappa shape index (κ2) is 9.81. The van der Waals surface area contributed by atoms with E-state index in [0.29, 0.717) is 0 Å². The van der Waals surface area contributed by atoms with Crippen LogP contribution in [0.1, 0.15) is 30.0 Å². The van der Waals surface area contributed by atoms with Gasteiger partial charge in [0.1, 0.15) is 6.04 Å². The molecule has 0 aromatic heterocycles. The first-order chi connectivity index (χ1) is 14.6. The fourth-order valence-corrected chi connectivity index (χ4v) is 3.73. The lowest BCUT2D eigenvalue weighted by molar-refractivity contribution is -0.141. The minimum absolute atomic E-state index is 0.145. The van der Waals surface area contributed by atoms with Crippen LogP contribution in [0.4, 0.5) is 0 Å². The van der Waals surface area contributed by atoms with Gasteiger partial charge in [-0.05, 0) is 29.7 Å². The standard InChI is InChI=1S/C26H25NO3/c1-2-12-23(28)19-24(25(29)30)27-26(20-13-6-3-7-14-20,21-15-8-4-9-16-21)22-17-10-5-11-18-22/h2-18,24,27H,19H2,1H3,(H,29,30)/b12-2+. The lowest BCUT2D eigenvalue weighted by Crippen LogP contribution is -2.53. The molecule has 0 aliphatic heterocycles. The van der Waals surface area contributed by atoms with E-state index in [9.17, 15) is 14.7 Å². The summed E-state index contributed by atoms with van der Waals surface area (Å²) in [5, 5.41) is 13.3. The highest BCUT2D eigenvalue weighted by molar-refractivity contribution is 5.93. The summed E-state index contributed by atoms with van der Waals surface area (Å²) in [5.41, 5.74) is 1.75. The van der Waals surface area contributed by atoms with E-state index in [1.807, 2.05) is 91.0 Å². The Kier molecular flexibility index (Phi) is 6.94. The molecule has 0 spiro atoms. The van der Waals surface area contributed by atoms with Crippen LogP contribution >= 0.6 is 0 Å². The lowest BCUT2D eigenvalue weighted by atomic mass is 9.76. The van der Waals surface area contributed by atoms with Crippen LogP contribution in [0.5, 0.6) is 0 Å². The van der Waals surface area contributed by atoms with Crippen LogP contribution in [0.15, 0.2) is 103 Å². The first kappa shape index (κ1) is 21.2. The molecule has 4 nitrogen and oxygen atoms in total. The Morgan fingerprint density at radius 3 is 1.57 bits per heavy atom. The Morgan fingerprint density at radius 1 is 0.833 bits per heavy atom. The average Bonchev–Trinajstić information content (AvgIpc) is 2.78. The molecule has 4 heteroatoms. The summed E-state index contributed by atoms with van der Waals surface area (Å²) < 4.78 is 0. The highest BCUT2D eigenvalue weighted by atomic mass is 16.4. The van der Waals surface area contributed by atoms with Gasteiger partial charge in [-0.2, -0.15) is 0 Å². The Labute approximate surface area is 176 Å². The maximum absolute atomic E-state index is 12.3. The topological polar surface area (TPSA) is 66.4 Å². The number of hydrogen-bond acceptors (Lipinski definition) is 3. The van der Waals surface area contributed by atoms with Crippen molar-refractivity contribution in [3.8, 4) is 0 Å². The molecule has 0 radical (unpaired) electrons. The summed E-state index contributed by atoms with van der Waals surface area (Å²) in [6.07, 6.45) is 2.89. The molecule has 0 amide bonds. The van der Waals surface area contributed by atoms with Crippen molar-refractivity contribution in [3.05, 3.63) is 120 Å². The van der Waals surface area contributed by atoms with E-state index >= 15 is 0 Å². The molecule has 152 valence electrons. The molecule has 0 fully saturated rings. The number of carbonyl (C=O) groups excluding carboxylic acids is 1. The monoisotopic (exact) mass is 399 g/mol. The zero-order valence-corrected chi connectivity index (χ0v) is 16.9. The second-order valence-corrected chi connectivity index (χ2v) is 7.05. The number of carbonyl (C=O) groups is 2. The molecule has 0 saturated heterocycles. The van der Waals surface area contributed by atoms with Gasteiger partial charge in [-0.25, -0.2) is 0 Å². The summed E-state index contributed by atoms with van der Waals surface area (Å²) >= 11 is 0. The van der Waals surface area contributed by atoms with Crippen molar-refractivity contribution in [1.82, 2.24) is 5.32 Å². The number of carboxylic acids is 1. The third-order valence-electron chi connectivity index (χ3n) is 5.07. The Morgan fingerprint density at radius 2 is 1.23 bits per heavy atom. The third-order valence-corrected chi connectivity index (χ3v) is 5.07. The van der Waals surface area contributed by atoms with Crippen LogP contribution in [-0.4, -0.2) is 22.9 Å². The molecule has 2 N–H and O–H groups in total. The highest BCUT2D eigenvalue weighted by Gasteiger charge is 2.40. The highest BCUT2D eigenvalue weighted by Crippen LogP contribution is 2.37. The van der Waals surface area contributed by atoms with E-state index in [2.05, 4.69) is 5.32 Å². The van der Waals surface area contributed by atoms with E-state index < -0.39 is 17.6 Å². The van der Waals surface area contributed by atoms with Gasteiger partial charge in [0.15, 0.2) is 5.78 Å². The summed E-state index contributed by atoms with van der Waals surface area (Å²) in [4.78, 5) is 24.4. The molecule has 1 atom stereocenters. The van der Waals surface area contributed by atoms with Crippen molar-refractivity contribution >= 4 is 11.8 Å². The smallest absolute Gasteiger partial charge is 0.321 e. The van der Waals surface area contributed by atoms with Crippen molar-refractivity contribution < 1.29 is 14.7 Å². The molecule has 3 aromatic rings. The van der Waals surface area contributed by atoms with E-state index in [1.54, 1.807) is 13.0 Å². The number of ketones is 1. The summed E-state index contributed by atoms with van der Waals surface area (Å²) in [7, 11) is 0. The number of aliphatic carboxylic acids is 1. The summed E-state index contributed by atoms with van der Waals surface area (Å²) in [6.45, 7) is 1.74. The van der Waals surface area contributed by atoms with E-state index in [1.165, 1.54) is 6.08 Å². The number of nitrogens with one attached hydrogen (secondary N) is 1. The van der Waals surface area contributed by atoms with E-state index in [4.69, 9.17) is 0 Å². The number of benzene rings is 3. The van der Waals surface area contributed by atoms with Gasteiger partial charge in [-0.15, -0.1) is 0 Å². The van der Waals surface area contributed by atoms with Gasteiger partial charge in [0.2, 0.25) is 0 Å². The molecule has 0 saturated carbocycles. The van der Waals surface area contributed by atoms with E-state index in [0.717, 1.165) is 16.7 Å². The Hall–Kier alpha value is -3.50. The molecule has 0 aliphatic carbocycles. The van der Waals surface area contributed by atoms with Gasteiger partial charge in [0.25, 0.3) is 0 Å². The van der Waals surface area contributed by atoms with Crippen LogP contribution in [0.2, 0.25) is 0 Å². The zero-order valence-electron chi connectivity index (χ0n) is 16.9. The molecule has 1 unspecified atom stereocenters. The zero-order chi connectivity index (χ0) is 21.4. The van der Waals surface area contributed by atoms with Gasteiger partial charge in [-0.1, -0.05) is 97.1 Å². The average molecular weight is 399 g/mol. The molecular weight excluding hydrogens is 374 g/mol. The minimum atomic E-state index is -1.07. The Balaban J connectivity index is 2.22. The molecule has 30 heavy (non-hydrogen) atoms. The maximum Gasteiger partial charge on any atom is 0.321 e. The Bertz CT molecular complexity index is 902. The van der Waals surface area contributed by atoms with Crippen LogP contribution in [0, 0.1) is 0 Å². The SMILES string of the molecule is C/C=C/C(=O)CC(NC(c1ccccc1)(c1ccccc1)c1ccccc1)C(=O)O. The minimum Gasteiger partial charge on any atom is -0.480 e. The fourth-order valence-electron chi connectivity index (χ4n) is 3.73. The molecule has 3 rings (SSSR count).